The highest BCUT2D eigenvalue weighted by Gasteiger charge is 2.16. The number of piperazine rings is 1. The van der Waals surface area contributed by atoms with Crippen LogP contribution >= 0.6 is 0 Å². The van der Waals surface area contributed by atoms with Crippen LogP contribution in [0.2, 0.25) is 0 Å². The summed E-state index contributed by atoms with van der Waals surface area (Å²) in [5, 5.41) is 6.72. The zero-order valence-electron chi connectivity index (χ0n) is 17.6. The van der Waals surface area contributed by atoms with E-state index in [-0.39, 0.29) is 0 Å². The van der Waals surface area contributed by atoms with Crippen LogP contribution in [0.25, 0.3) is 0 Å². The Morgan fingerprint density at radius 2 is 1.76 bits per heavy atom. The Morgan fingerprint density at radius 3 is 2.48 bits per heavy atom. The van der Waals surface area contributed by atoms with E-state index in [2.05, 4.69) is 62.7 Å². The van der Waals surface area contributed by atoms with Crippen LogP contribution in [0.3, 0.4) is 0 Å². The molecule has 29 heavy (non-hydrogen) atoms. The van der Waals surface area contributed by atoms with Gasteiger partial charge in [0.25, 0.3) is 0 Å². The fourth-order valence-electron chi connectivity index (χ4n) is 3.58. The molecular weight excluding hydrogens is 362 g/mol. The minimum absolute atomic E-state index is 0.565. The van der Waals surface area contributed by atoms with Gasteiger partial charge < -0.3 is 20.0 Å². The number of unbranched alkanes of at least 4 members (excludes halogenated alkanes) is 1. The summed E-state index contributed by atoms with van der Waals surface area (Å²) < 4.78 is 5.34. The predicted molar refractivity (Wildman–Crippen MR) is 119 cm³/mol. The Bertz CT molecular complexity index is 693. The Morgan fingerprint density at radius 1 is 0.966 bits per heavy atom. The minimum Gasteiger partial charge on any atom is -0.467 e. The van der Waals surface area contributed by atoms with Crippen molar-refractivity contribution in [1.82, 2.24) is 20.4 Å². The van der Waals surface area contributed by atoms with Crippen molar-refractivity contribution >= 4 is 5.96 Å². The van der Waals surface area contributed by atoms with Crippen molar-refractivity contribution in [3.05, 3.63) is 60.1 Å². The average molecular weight is 398 g/mol. The van der Waals surface area contributed by atoms with Crippen molar-refractivity contribution in [2.75, 3.05) is 45.8 Å². The molecule has 2 aromatic rings. The van der Waals surface area contributed by atoms with E-state index in [0.717, 1.165) is 50.9 Å². The lowest BCUT2D eigenvalue weighted by molar-refractivity contribution is 0.126. The van der Waals surface area contributed by atoms with E-state index in [9.17, 15) is 0 Å². The monoisotopic (exact) mass is 397 g/mol. The molecule has 1 aromatic carbocycles. The fraction of sp³-hybridized carbons (Fsp3) is 0.522. The maximum atomic E-state index is 5.34. The predicted octanol–water partition coefficient (Wildman–Crippen LogP) is 2.93. The van der Waals surface area contributed by atoms with Gasteiger partial charge in [-0.2, -0.15) is 0 Å². The molecule has 0 aliphatic carbocycles. The lowest BCUT2D eigenvalue weighted by Gasteiger charge is -2.34. The van der Waals surface area contributed by atoms with Gasteiger partial charge in [-0.3, -0.25) is 4.90 Å². The quantitative estimate of drug-likeness (QED) is 0.367. The molecule has 0 atom stereocenters. The molecule has 1 fully saturated rings. The van der Waals surface area contributed by atoms with Gasteiger partial charge in [0.2, 0.25) is 0 Å². The zero-order valence-corrected chi connectivity index (χ0v) is 17.6. The number of aliphatic imine (C=N–C) groups is 1. The molecule has 6 nitrogen and oxygen atoms in total. The van der Waals surface area contributed by atoms with Gasteiger partial charge in [-0.05, 0) is 44.0 Å². The third kappa shape index (κ3) is 7.91. The SMILES string of the molecule is CCNC(=NCc1ccco1)NCCCCN1CCN(Cc2ccccc2)CC1. The number of hydrogen-bond acceptors (Lipinski definition) is 4. The summed E-state index contributed by atoms with van der Waals surface area (Å²) in [5.41, 5.74) is 1.41. The van der Waals surface area contributed by atoms with E-state index in [4.69, 9.17) is 4.42 Å². The summed E-state index contributed by atoms with van der Waals surface area (Å²) in [7, 11) is 0. The summed E-state index contributed by atoms with van der Waals surface area (Å²) >= 11 is 0. The Hall–Kier alpha value is -2.31. The molecule has 158 valence electrons. The summed E-state index contributed by atoms with van der Waals surface area (Å²) in [4.78, 5) is 9.73. The first kappa shape index (κ1) is 21.4. The van der Waals surface area contributed by atoms with Crippen molar-refractivity contribution in [3.63, 3.8) is 0 Å². The molecule has 1 aliphatic rings. The summed E-state index contributed by atoms with van der Waals surface area (Å²) in [6.07, 6.45) is 4.05. The number of hydrogen-bond donors (Lipinski definition) is 2. The fourth-order valence-corrected chi connectivity index (χ4v) is 3.58. The van der Waals surface area contributed by atoms with Crippen LogP contribution in [0.15, 0.2) is 58.1 Å². The van der Waals surface area contributed by atoms with Gasteiger partial charge in [0, 0.05) is 45.8 Å². The lowest BCUT2D eigenvalue weighted by Crippen LogP contribution is -2.46. The molecule has 1 saturated heterocycles. The van der Waals surface area contributed by atoms with Crippen LogP contribution in [0.4, 0.5) is 0 Å². The second-order valence-corrected chi connectivity index (χ2v) is 7.51. The van der Waals surface area contributed by atoms with Gasteiger partial charge in [0.1, 0.15) is 12.3 Å². The van der Waals surface area contributed by atoms with Gasteiger partial charge in [0.15, 0.2) is 5.96 Å². The van der Waals surface area contributed by atoms with E-state index in [1.165, 1.54) is 31.6 Å². The topological polar surface area (TPSA) is 56.0 Å². The van der Waals surface area contributed by atoms with Crippen molar-refractivity contribution in [2.24, 2.45) is 4.99 Å². The molecule has 0 unspecified atom stereocenters. The maximum absolute atomic E-state index is 5.34. The highest BCUT2D eigenvalue weighted by molar-refractivity contribution is 5.79. The molecule has 0 amide bonds. The van der Waals surface area contributed by atoms with E-state index < -0.39 is 0 Å². The van der Waals surface area contributed by atoms with Crippen LogP contribution in [-0.4, -0.2) is 61.6 Å². The first-order chi connectivity index (χ1) is 14.3. The molecule has 1 aliphatic heterocycles. The molecule has 2 N–H and O–H groups in total. The number of benzene rings is 1. The van der Waals surface area contributed by atoms with Crippen LogP contribution < -0.4 is 10.6 Å². The second-order valence-electron chi connectivity index (χ2n) is 7.51. The molecule has 3 rings (SSSR count). The van der Waals surface area contributed by atoms with Crippen molar-refractivity contribution < 1.29 is 4.42 Å². The third-order valence-electron chi connectivity index (χ3n) is 5.22. The minimum atomic E-state index is 0.565. The molecule has 0 spiro atoms. The first-order valence-corrected chi connectivity index (χ1v) is 10.9. The standard InChI is InChI=1S/C23H35N5O/c1-2-24-23(26-19-22-11-8-18-29-22)25-12-6-7-13-27-14-16-28(17-15-27)20-21-9-4-3-5-10-21/h3-5,8-11,18H,2,6-7,12-17,19-20H2,1H3,(H2,24,25,26). The zero-order chi connectivity index (χ0) is 20.2. The Balaban J connectivity index is 1.27. The summed E-state index contributed by atoms with van der Waals surface area (Å²) in [6, 6.07) is 14.6. The van der Waals surface area contributed by atoms with Gasteiger partial charge in [-0.25, -0.2) is 4.99 Å². The van der Waals surface area contributed by atoms with E-state index in [0.29, 0.717) is 6.54 Å². The van der Waals surface area contributed by atoms with Gasteiger partial charge in [-0.1, -0.05) is 30.3 Å². The highest BCUT2D eigenvalue weighted by Crippen LogP contribution is 2.09. The van der Waals surface area contributed by atoms with Crippen molar-refractivity contribution in [1.29, 1.82) is 0 Å². The summed E-state index contributed by atoms with van der Waals surface area (Å²) in [6.45, 7) is 11.4. The second kappa shape index (κ2) is 12.3. The third-order valence-corrected chi connectivity index (χ3v) is 5.22. The van der Waals surface area contributed by atoms with E-state index in [1.807, 2.05) is 12.1 Å². The van der Waals surface area contributed by atoms with E-state index in [1.54, 1.807) is 6.26 Å². The number of nitrogens with zero attached hydrogens (tertiary/aromatic N) is 3. The van der Waals surface area contributed by atoms with Gasteiger partial charge in [0.05, 0.1) is 6.26 Å². The van der Waals surface area contributed by atoms with Crippen molar-refractivity contribution in [2.45, 2.75) is 32.9 Å². The normalized spacial score (nSPS) is 16.1. The first-order valence-electron chi connectivity index (χ1n) is 10.9. The molecule has 0 radical (unpaired) electrons. The lowest BCUT2D eigenvalue weighted by atomic mass is 10.2. The number of nitrogens with one attached hydrogen (secondary N) is 2. The van der Waals surface area contributed by atoms with Crippen LogP contribution in [-0.2, 0) is 13.1 Å². The number of rotatable bonds is 10. The number of guanidine groups is 1. The number of furan rings is 1. The van der Waals surface area contributed by atoms with Crippen LogP contribution in [0.1, 0.15) is 31.1 Å². The molecule has 1 aromatic heterocycles. The molecule has 2 heterocycles. The highest BCUT2D eigenvalue weighted by atomic mass is 16.3. The maximum Gasteiger partial charge on any atom is 0.191 e. The van der Waals surface area contributed by atoms with Gasteiger partial charge in [-0.15, -0.1) is 0 Å². The Labute approximate surface area is 175 Å². The molecule has 0 bridgehead atoms. The van der Waals surface area contributed by atoms with E-state index >= 15 is 0 Å². The molecular formula is C23H35N5O. The smallest absolute Gasteiger partial charge is 0.191 e. The molecule has 6 heteroatoms. The summed E-state index contributed by atoms with van der Waals surface area (Å²) in [5.74, 6) is 1.74. The Kier molecular flexibility index (Phi) is 9.07. The van der Waals surface area contributed by atoms with Gasteiger partial charge >= 0.3 is 0 Å². The van der Waals surface area contributed by atoms with Crippen LogP contribution in [0.5, 0.6) is 0 Å². The largest absolute Gasteiger partial charge is 0.467 e. The van der Waals surface area contributed by atoms with Crippen molar-refractivity contribution in [3.8, 4) is 0 Å². The average Bonchev–Trinajstić information content (AvgIpc) is 3.27. The molecule has 0 saturated carbocycles. The van der Waals surface area contributed by atoms with Crippen LogP contribution in [0, 0.1) is 0 Å².